The van der Waals surface area contributed by atoms with E-state index in [4.69, 9.17) is 9.47 Å². The molecule has 1 saturated heterocycles. The number of alkyl carbamates (subject to hydrolysis) is 1. The van der Waals surface area contributed by atoms with Crippen LogP contribution in [0.25, 0.3) is 0 Å². The van der Waals surface area contributed by atoms with Crippen LogP contribution in [0, 0.1) is 5.92 Å². The van der Waals surface area contributed by atoms with Crippen LogP contribution in [0.3, 0.4) is 0 Å². The Morgan fingerprint density at radius 2 is 2.05 bits per heavy atom. The topological polar surface area (TPSA) is 59.6 Å². The molecule has 1 aliphatic carbocycles. The smallest absolute Gasteiger partial charge is 0.407 e. The SMILES string of the molecule is O=C(N[C@@H]1CCNC[C@@H]1OCC1CC1)OCc1ccccc1. The molecule has 1 aromatic rings. The van der Waals surface area contributed by atoms with Gasteiger partial charge in [0.25, 0.3) is 0 Å². The first kappa shape index (κ1) is 15.3. The second kappa shape index (κ2) is 7.61. The molecule has 0 radical (unpaired) electrons. The normalized spacial score (nSPS) is 24.7. The van der Waals surface area contributed by atoms with Crippen molar-refractivity contribution < 1.29 is 14.3 Å². The molecule has 1 heterocycles. The summed E-state index contributed by atoms with van der Waals surface area (Å²) in [6.45, 7) is 2.79. The van der Waals surface area contributed by atoms with Crippen molar-refractivity contribution in [3.8, 4) is 0 Å². The number of amides is 1. The molecule has 3 rings (SSSR count). The van der Waals surface area contributed by atoms with Gasteiger partial charge in [0, 0.05) is 13.2 Å². The van der Waals surface area contributed by atoms with Crippen LogP contribution in [0.15, 0.2) is 30.3 Å². The molecule has 5 nitrogen and oxygen atoms in total. The van der Waals surface area contributed by atoms with Crippen molar-refractivity contribution in [1.82, 2.24) is 10.6 Å². The number of carbonyl (C=O) groups is 1. The van der Waals surface area contributed by atoms with E-state index in [1.54, 1.807) is 0 Å². The van der Waals surface area contributed by atoms with Crippen molar-refractivity contribution in [1.29, 1.82) is 0 Å². The minimum atomic E-state index is -0.365. The maximum Gasteiger partial charge on any atom is 0.407 e. The summed E-state index contributed by atoms with van der Waals surface area (Å²) < 4.78 is 11.2. The van der Waals surface area contributed by atoms with Crippen molar-refractivity contribution in [3.05, 3.63) is 35.9 Å². The molecule has 0 unspecified atom stereocenters. The number of nitrogens with one attached hydrogen (secondary N) is 2. The summed E-state index contributed by atoms with van der Waals surface area (Å²) in [5, 5.41) is 6.28. The van der Waals surface area contributed by atoms with Crippen LogP contribution < -0.4 is 10.6 Å². The number of carbonyl (C=O) groups excluding carboxylic acids is 1. The first-order valence-electron chi connectivity index (χ1n) is 8.11. The van der Waals surface area contributed by atoms with Gasteiger partial charge in [-0.3, -0.25) is 0 Å². The molecule has 2 fully saturated rings. The maximum absolute atomic E-state index is 12.0. The number of piperidine rings is 1. The summed E-state index contributed by atoms with van der Waals surface area (Å²) in [6, 6.07) is 9.73. The van der Waals surface area contributed by atoms with E-state index in [0.29, 0.717) is 6.61 Å². The minimum Gasteiger partial charge on any atom is -0.445 e. The van der Waals surface area contributed by atoms with E-state index in [1.807, 2.05) is 30.3 Å². The first-order valence-corrected chi connectivity index (χ1v) is 8.11. The zero-order valence-electron chi connectivity index (χ0n) is 12.8. The molecular weight excluding hydrogens is 280 g/mol. The Kier molecular flexibility index (Phi) is 5.29. The van der Waals surface area contributed by atoms with E-state index >= 15 is 0 Å². The van der Waals surface area contributed by atoms with Crippen LogP contribution in [0.4, 0.5) is 4.79 Å². The quantitative estimate of drug-likeness (QED) is 0.845. The van der Waals surface area contributed by atoms with Crippen LogP contribution in [0.5, 0.6) is 0 Å². The lowest BCUT2D eigenvalue weighted by Crippen LogP contribution is -2.54. The molecule has 1 aromatic carbocycles. The lowest BCUT2D eigenvalue weighted by Gasteiger charge is -2.32. The predicted octanol–water partition coefficient (Wildman–Crippen LogP) is 2.07. The largest absolute Gasteiger partial charge is 0.445 e. The summed E-state index contributed by atoms with van der Waals surface area (Å²) in [5.74, 6) is 0.729. The van der Waals surface area contributed by atoms with Gasteiger partial charge >= 0.3 is 6.09 Å². The molecule has 0 aromatic heterocycles. The van der Waals surface area contributed by atoms with Crippen molar-refractivity contribution in [2.75, 3.05) is 19.7 Å². The zero-order chi connectivity index (χ0) is 15.2. The molecule has 22 heavy (non-hydrogen) atoms. The highest BCUT2D eigenvalue weighted by Crippen LogP contribution is 2.29. The van der Waals surface area contributed by atoms with Gasteiger partial charge in [0.1, 0.15) is 6.61 Å². The zero-order valence-corrected chi connectivity index (χ0v) is 12.8. The average molecular weight is 304 g/mol. The molecule has 2 N–H and O–H groups in total. The maximum atomic E-state index is 12.0. The number of benzene rings is 1. The third-order valence-corrected chi connectivity index (χ3v) is 4.19. The van der Waals surface area contributed by atoms with E-state index in [9.17, 15) is 4.79 Å². The average Bonchev–Trinajstić information content (AvgIpc) is 3.37. The van der Waals surface area contributed by atoms with Gasteiger partial charge < -0.3 is 20.1 Å². The van der Waals surface area contributed by atoms with Gasteiger partial charge in [-0.15, -0.1) is 0 Å². The number of ether oxygens (including phenoxy) is 2. The van der Waals surface area contributed by atoms with Crippen molar-refractivity contribution >= 4 is 6.09 Å². The van der Waals surface area contributed by atoms with Crippen LogP contribution in [0.2, 0.25) is 0 Å². The Morgan fingerprint density at radius 1 is 1.23 bits per heavy atom. The van der Waals surface area contributed by atoms with Crippen LogP contribution in [0.1, 0.15) is 24.8 Å². The van der Waals surface area contributed by atoms with Gasteiger partial charge in [0.15, 0.2) is 0 Å². The molecule has 1 aliphatic heterocycles. The molecule has 0 spiro atoms. The van der Waals surface area contributed by atoms with E-state index in [1.165, 1.54) is 12.8 Å². The van der Waals surface area contributed by atoms with Crippen molar-refractivity contribution in [2.24, 2.45) is 5.92 Å². The lowest BCUT2D eigenvalue weighted by atomic mass is 10.0. The first-order chi connectivity index (χ1) is 10.8. The summed E-state index contributed by atoms with van der Waals surface area (Å²) in [6.07, 6.45) is 3.10. The number of rotatable bonds is 6. The van der Waals surface area contributed by atoms with Crippen LogP contribution in [-0.2, 0) is 16.1 Å². The van der Waals surface area contributed by atoms with E-state index < -0.39 is 0 Å². The Bertz CT molecular complexity index is 476. The second-order valence-corrected chi connectivity index (χ2v) is 6.12. The molecule has 5 heteroatoms. The molecule has 0 bridgehead atoms. The fraction of sp³-hybridized carbons (Fsp3) is 0.588. The summed E-state index contributed by atoms with van der Waals surface area (Å²) in [7, 11) is 0. The molecule has 1 amide bonds. The van der Waals surface area contributed by atoms with E-state index in [2.05, 4.69) is 10.6 Å². The Balaban J connectivity index is 1.43. The van der Waals surface area contributed by atoms with Gasteiger partial charge in [0.05, 0.1) is 12.1 Å². The van der Waals surface area contributed by atoms with E-state index in [-0.39, 0.29) is 18.2 Å². The third kappa shape index (κ3) is 4.71. The van der Waals surface area contributed by atoms with Gasteiger partial charge in [-0.05, 0) is 37.3 Å². The fourth-order valence-electron chi connectivity index (χ4n) is 2.63. The highest BCUT2D eigenvalue weighted by molar-refractivity contribution is 5.67. The van der Waals surface area contributed by atoms with Gasteiger partial charge in [-0.1, -0.05) is 30.3 Å². The number of hydrogen-bond acceptors (Lipinski definition) is 4. The minimum absolute atomic E-state index is 0.0308. The Labute approximate surface area is 131 Å². The predicted molar refractivity (Wildman–Crippen MR) is 83.5 cm³/mol. The molecular formula is C17H24N2O3. The molecule has 2 aliphatic rings. The highest BCUT2D eigenvalue weighted by Gasteiger charge is 2.30. The monoisotopic (exact) mass is 304 g/mol. The molecule has 120 valence electrons. The van der Waals surface area contributed by atoms with Crippen LogP contribution in [-0.4, -0.2) is 37.9 Å². The summed E-state index contributed by atoms with van der Waals surface area (Å²) >= 11 is 0. The van der Waals surface area contributed by atoms with Crippen LogP contribution >= 0.6 is 0 Å². The summed E-state index contributed by atoms with van der Waals surface area (Å²) in [4.78, 5) is 12.0. The van der Waals surface area contributed by atoms with Gasteiger partial charge in [-0.2, -0.15) is 0 Å². The van der Waals surface area contributed by atoms with Gasteiger partial charge in [0.2, 0.25) is 0 Å². The fourth-order valence-corrected chi connectivity index (χ4v) is 2.63. The Hall–Kier alpha value is -1.59. The molecule has 2 atom stereocenters. The second-order valence-electron chi connectivity index (χ2n) is 6.12. The summed E-state index contributed by atoms with van der Waals surface area (Å²) in [5.41, 5.74) is 0.990. The van der Waals surface area contributed by atoms with Crippen molar-refractivity contribution in [3.63, 3.8) is 0 Å². The highest BCUT2D eigenvalue weighted by atomic mass is 16.5. The van der Waals surface area contributed by atoms with Crippen molar-refractivity contribution in [2.45, 2.75) is 38.0 Å². The standard InChI is InChI=1S/C17H24N2O3/c20-17(22-12-13-4-2-1-3-5-13)19-15-8-9-18-10-16(15)21-11-14-6-7-14/h1-5,14-16,18H,6-12H2,(H,19,20)/t15-,16+/m1/s1. The molecule has 1 saturated carbocycles. The van der Waals surface area contributed by atoms with E-state index in [0.717, 1.165) is 37.6 Å². The Morgan fingerprint density at radius 3 is 2.82 bits per heavy atom. The third-order valence-electron chi connectivity index (χ3n) is 4.19. The van der Waals surface area contributed by atoms with Gasteiger partial charge in [-0.25, -0.2) is 4.79 Å². The lowest BCUT2D eigenvalue weighted by molar-refractivity contribution is 0.00723. The number of hydrogen-bond donors (Lipinski definition) is 2.